The Morgan fingerprint density at radius 1 is 1.32 bits per heavy atom. The first-order chi connectivity index (χ1) is 12.1. The van der Waals surface area contributed by atoms with Gasteiger partial charge < -0.3 is 15.8 Å². The molecule has 0 saturated carbocycles. The molecule has 1 saturated heterocycles. The number of nitrogens with one attached hydrogen (secondary N) is 1. The smallest absolute Gasteiger partial charge is 0.224 e. The zero-order valence-electron chi connectivity index (χ0n) is 14.2. The molecule has 0 amide bonds. The van der Waals surface area contributed by atoms with Gasteiger partial charge >= 0.3 is 0 Å². The molecule has 9 heteroatoms. The molecule has 3 N–H and O–H groups in total. The second kappa shape index (κ2) is 7.71. The third kappa shape index (κ3) is 4.02. The predicted octanol–water partition coefficient (Wildman–Crippen LogP) is 2.12. The summed E-state index contributed by atoms with van der Waals surface area (Å²) in [4.78, 5) is 21.2. The van der Waals surface area contributed by atoms with Crippen molar-refractivity contribution in [1.82, 2.24) is 19.9 Å². The third-order valence-electron chi connectivity index (χ3n) is 3.99. The summed E-state index contributed by atoms with van der Waals surface area (Å²) in [6.45, 7) is 3.30. The van der Waals surface area contributed by atoms with E-state index in [-0.39, 0.29) is 17.3 Å². The van der Waals surface area contributed by atoms with Crippen LogP contribution in [0.15, 0.2) is 11.2 Å². The van der Waals surface area contributed by atoms with E-state index in [2.05, 4.69) is 30.2 Å². The van der Waals surface area contributed by atoms with E-state index in [0.717, 1.165) is 37.2 Å². The number of hydrogen-bond acceptors (Lipinski definition) is 8. The van der Waals surface area contributed by atoms with Crippen LogP contribution in [0.5, 0.6) is 0 Å². The standard InChI is InChI=1S/C16H20ClN7O/c1-9-11(8-20-16(18)21-9)13-12(7-19-2)14(24-15(17)23-13)22-10-3-5-25-6-4-10/h7-8,10H,3-6H2,1-2H3,(H2,18,20,21)(H,22,23,24). The summed E-state index contributed by atoms with van der Waals surface area (Å²) in [5, 5.41) is 3.59. The first-order valence-corrected chi connectivity index (χ1v) is 8.39. The van der Waals surface area contributed by atoms with Crippen molar-refractivity contribution in [3.05, 3.63) is 22.7 Å². The van der Waals surface area contributed by atoms with E-state index in [4.69, 9.17) is 22.1 Å². The van der Waals surface area contributed by atoms with Crippen molar-refractivity contribution in [2.75, 3.05) is 31.3 Å². The zero-order chi connectivity index (χ0) is 17.8. The third-order valence-corrected chi connectivity index (χ3v) is 4.16. The monoisotopic (exact) mass is 361 g/mol. The van der Waals surface area contributed by atoms with E-state index in [0.29, 0.717) is 17.2 Å². The molecule has 0 aliphatic carbocycles. The highest BCUT2D eigenvalue weighted by Crippen LogP contribution is 2.29. The lowest BCUT2D eigenvalue weighted by atomic mass is 10.1. The fourth-order valence-corrected chi connectivity index (χ4v) is 2.93. The Kier molecular flexibility index (Phi) is 5.40. The number of ether oxygens (including phenoxy) is 1. The van der Waals surface area contributed by atoms with Crippen molar-refractivity contribution >= 4 is 29.6 Å². The Hall–Kier alpha value is -2.32. The molecule has 0 unspecified atom stereocenters. The second-order valence-corrected chi connectivity index (χ2v) is 6.09. The topological polar surface area (TPSA) is 111 Å². The van der Waals surface area contributed by atoms with E-state index in [1.165, 1.54) is 0 Å². The average Bonchev–Trinajstić information content (AvgIpc) is 2.58. The molecule has 3 heterocycles. The number of nitrogens with zero attached hydrogens (tertiary/aromatic N) is 5. The van der Waals surface area contributed by atoms with Gasteiger partial charge in [-0.25, -0.2) is 19.9 Å². The van der Waals surface area contributed by atoms with E-state index in [1.807, 2.05) is 6.92 Å². The fraction of sp³-hybridized carbons (Fsp3) is 0.438. The maximum Gasteiger partial charge on any atom is 0.224 e. The van der Waals surface area contributed by atoms with Crippen LogP contribution in [-0.4, -0.2) is 52.5 Å². The van der Waals surface area contributed by atoms with Crippen LogP contribution in [0.4, 0.5) is 11.8 Å². The summed E-state index contributed by atoms with van der Waals surface area (Å²) in [6.07, 6.45) is 5.16. The molecule has 2 aromatic heterocycles. The van der Waals surface area contributed by atoms with Gasteiger partial charge in [0.2, 0.25) is 11.2 Å². The molecule has 0 atom stereocenters. The summed E-state index contributed by atoms with van der Waals surface area (Å²) in [5.41, 5.74) is 8.47. The number of anilines is 2. The maximum atomic E-state index is 6.18. The molecule has 0 aromatic carbocycles. The van der Waals surface area contributed by atoms with Gasteiger partial charge in [-0.1, -0.05) is 0 Å². The normalized spacial score (nSPS) is 15.6. The summed E-state index contributed by atoms with van der Waals surface area (Å²) < 4.78 is 5.41. The van der Waals surface area contributed by atoms with Crippen LogP contribution in [0.3, 0.4) is 0 Å². The minimum Gasteiger partial charge on any atom is -0.381 e. The number of aryl methyl sites for hydroxylation is 1. The lowest BCUT2D eigenvalue weighted by Crippen LogP contribution is -2.29. The van der Waals surface area contributed by atoms with Crippen molar-refractivity contribution in [2.45, 2.75) is 25.8 Å². The first-order valence-electron chi connectivity index (χ1n) is 8.02. The Morgan fingerprint density at radius 3 is 2.76 bits per heavy atom. The van der Waals surface area contributed by atoms with Gasteiger partial charge in [0, 0.05) is 44.3 Å². The molecule has 1 aliphatic heterocycles. The average molecular weight is 362 g/mol. The van der Waals surface area contributed by atoms with Crippen LogP contribution < -0.4 is 11.1 Å². The number of aliphatic imine (C=N–C) groups is 1. The number of nitrogens with two attached hydrogens (primary N) is 1. The van der Waals surface area contributed by atoms with E-state index >= 15 is 0 Å². The van der Waals surface area contributed by atoms with Crippen LogP contribution in [0.25, 0.3) is 11.3 Å². The maximum absolute atomic E-state index is 6.18. The first kappa shape index (κ1) is 17.5. The number of nitrogen functional groups attached to an aromatic ring is 1. The molecule has 25 heavy (non-hydrogen) atoms. The minimum absolute atomic E-state index is 0.147. The van der Waals surface area contributed by atoms with Gasteiger partial charge in [-0.15, -0.1) is 0 Å². The highest BCUT2D eigenvalue weighted by atomic mass is 35.5. The van der Waals surface area contributed by atoms with Crippen LogP contribution >= 0.6 is 11.6 Å². The summed E-state index contributed by atoms with van der Waals surface area (Å²) in [5.74, 6) is 0.858. The van der Waals surface area contributed by atoms with Gasteiger partial charge in [-0.2, -0.15) is 0 Å². The highest BCUT2D eigenvalue weighted by molar-refractivity contribution is 6.28. The van der Waals surface area contributed by atoms with Gasteiger partial charge in [0.05, 0.1) is 17.0 Å². The van der Waals surface area contributed by atoms with Crippen LogP contribution in [0, 0.1) is 6.92 Å². The second-order valence-electron chi connectivity index (χ2n) is 5.75. The Labute approximate surface area is 150 Å². The van der Waals surface area contributed by atoms with Crippen LogP contribution in [0.1, 0.15) is 24.1 Å². The van der Waals surface area contributed by atoms with Gasteiger partial charge in [-0.3, -0.25) is 4.99 Å². The molecule has 3 rings (SSSR count). The molecule has 1 aliphatic rings. The zero-order valence-corrected chi connectivity index (χ0v) is 14.9. The minimum atomic E-state index is 0.147. The fourth-order valence-electron chi connectivity index (χ4n) is 2.76. The number of aromatic nitrogens is 4. The SMILES string of the molecule is CN=Cc1c(NC2CCOCC2)nc(Cl)nc1-c1cnc(N)nc1C. The molecular formula is C16H20ClN7O. The summed E-state index contributed by atoms with van der Waals surface area (Å²) >= 11 is 6.18. The lowest BCUT2D eigenvalue weighted by molar-refractivity contribution is 0.0904. The van der Waals surface area contributed by atoms with Crippen LogP contribution in [-0.2, 0) is 4.74 Å². The van der Waals surface area contributed by atoms with Crippen LogP contribution in [0.2, 0.25) is 5.28 Å². The lowest BCUT2D eigenvalue weighted by Gasteiger charge is -2.24. The molecule has 0 radical (unpaired) electrons. The highest BCUT2D eigenvalue weighted by Gasteiger charge is 2.20. The van der Waals surface area contributed by atoms with Crippen molar-refractivity contribution < 1.29 is 4.74 Å². The molecule has 1 fully saturated rings. The van der Waals surface area contributed by atoms with Gasteiger partial charge in [0.15, 0.2) is 0 Å². The molecule has 0 bridgehead atoms. The van der Waals surface area contributed by atoms with E-state index < -0.39 is 0 Å². The number of hydrogen-bond donors (Lipinski definition) is 2. The molecule has 0 spiro atoms. The summed E-state index contributed by atoms with van der Waals surface area (Å²) in [6, 6.07) is 0.264. The largest absolute Gasteiger partial charge is 0.381 e. The molecular weight excluding hydrogens is 342 g/mol. The number of halogens is 1. The summed E-state index contributed by atoms with van der Waals surface area (Å²) in [7, 11) is 1.70. The van der Waals surface area contributed by atoms with Crippen molar-refractivity contribution in [3.8, 4) is 11.3 Å². The Bertz CT molecular complexity index is 790. The van der Waals surface area contributed by atoms with Gasteiger partial charge in [0.1, 0.15) is 5.82 Å². The van der Waals surface area contributed by atoms with Gasteiger partial charge in [-0.05, 0) is 31.4 Å². The number of rotatable bonds is 4. The van der Waals surface area contributed by atoms with Crippen molar-refractivity contribution in [3.63, 3.8) is 0 Å². The van der Waals surface area contributed by atoms with Crippen molar-refractivity contribution in [1.29, 1.82) is 0 Å². The molecule has 2 aromatic rings. The molecule has 132 valence electrons. The quantitative estimate of drug-likeness (QED) is 0.633. The predicted molar refractivity (Wildman–Crippen MR) is 98.2 cm³/mol. The van der Waals surface area contributed by atoms with E-state index in [9.17, 15) is 0 Å². The van der Waals surface area contributed by atoms with E-state index in [1.54, 1.807) is 19.5 Å². The van der Waals surface area contributed by atoms with Gasteiger partial charge in [0.25, 0.3) is 0 Å². The molecule has 8 nitrogen and oxygen atoms in total. The van der Waals surface area contributed by atoms with Crippen molar-refractivity contribution in [2.24, 2.45) is 4.99 Å². The Morgan fingerprint density at radius 2 is 2.08 bits per heavy atom. The Balaban J connectivity index is 2.07.